The van der Waals surface area contributed by atoms with Crippen molar-refractivity contribution in [2.24, 2.45) is 0 Å². The molecule has 3 nitrogen and oxygen atoms in total. The maximum Gasteiger partial charge on any atom is 0.488 e. The van der Waals surface area contributed by atoms with Crippen molar-refractivity contribution in [3.63, 3.8) is 0 Å². The van der Waals surface area contributed by atoms with Crippen molar-refractivity contribution in [3.8, 4) is 0 Å². The van der Waals surface area contributed by atoms with Crippen LogP contribution in [0.4, 0.5) is 10.1 Å². The second kappa shape index (κ2) is 6.74. The van der Waals surface area contributed by atoms with Crippen molar-refractivity contribution in [2.45, 2.75) is 20.4 Å². The van der Waals surface area contributed by atoms with E-state index in [2.05, 4.69) is 4.90 Å². The summed E-state index contributed by atoms with van der Waals surface area (Å²) in [6, 6.07) is 12.2. The van der Waals surface area contributed by atoms with E-state index >= 15 is 0 Å². The zero-order valence-corrected chi connectivity index (χ0v) is 12.3. The molecule has 0 saturated heterocycles. The molecule has 0 aliphatic heterocycles. The van der Waals surface area contributed by atoms with Crippen LogP contribution in [0.25, 0.3) is 0 Å². The highest BCUT2D eigenvalue weighted by atomic mass is 19.1. The molecule has 0 heterocycles. The van der Waals surface area contributed by atoms with Crippen molar-refractivity contribution in [1.82, 2.24) is 0 Å². The number of halogens is 1. The summed E-state index contributed by atoms with van der Waals surface area (Å²) < 4.78 is 13.3. The number of anilines is 1. The first-order valence-electron chi connectivity index (χ1n) is 6.97. The second-order valence-corrected chi connectivity index (χ2v) is 5.07. The van der Waals surface area contributed by atoms with Crippen molar-refractivity contribution in [2.75, 3.05) is 11.4 Å². The summed E-state index contributed by atoms with van der Waals surface area (Å²) >= 11 is 0. The van der Waals surface area contributed by atoms with Gasteiger partial charge < -0.3 is 14.9 Å². The van der Waals surface area contributed by atoms with Gasteiger partial charge in [0, 0.05) is 18.8 Å². The van der Waals surface area contributed by atoms with Gasteiger partial charge in [0.25, 0.3) is 0 Å². The first-order valence-corrected chi connectivity index (χ1v) is 6.97. The third kappa shape index (κ3) is 3.83. The summed E-state index contributed by atoms with van der Waals surface area (Å²) in [6.07, 6.45) is 0. The first kappa shape index (κ1) is 15.5. The molecule has 2 aromatic rings. The Morgan fingerprint density at radius 3 is 2.33 bits per heavy atom. The van der Waals surface area contributed by atoms with Crippen LogP contribution in [0, 0.1) is 12.7 Å². The molecule has 0 unspecified atom stereocenters. The van der Waals surface area contributed by atoms with Crippen molar-refractivity contribution in [3.05, 3.63) is 59.4 Å². The Bertz CT molecular complexity index is 602. The number of rotatable bonds is 5. The fraction of sp³-hybridized carbons (Fsp3) is 0.250. The molecule has 0 aliphatic rings. The van der Waals surface area contributed by atoms with Crippen molar-refractivity contribution in [1.29, 1.82) is 0 Å². The summed E-state index contributed by atoms with van der Waals surface area (Å²) in [4.78, 5) is 2.10. The van der Waals surface area contributed by atoms with Gasteiger partial charge >= 0.3 is 7.12 Å². The van der Waals surface area contributed by atoms with Gasteiger partial charge in [-0.3, -0.25) is 0 Å². The lowest BCUT2D eigenvalue weighted by molar-refractivity contribution is 0.425. The molecular formula is C16H19BFNO2. The predicted octanol–water partition coefficient (Wildman–Crippen LogP) is 1.84. The normalized spacial score (nSPS) is 10.5. The molecule has 0 spiro atoms. The van der Waals surface area contributed by atoms with Gasteiger partial charge in [0.1, 0.15) is 5.82 Å². The van der Waals surface area contributed by atoms with Gasteiger partial charge in [-0.15, -0.1) is 0 Å². The van der Waals surface area contributed by atoms with Crippen LogP contribution in [0.1, 0.15) is 18.1 Å². The molecular weight excluding hydrogens is 268 g/mol. The molecule has 0 saturated carbocycles. The molecule has 2 rings (SSSR count). The number of hydrogen-bond acceptors (Lipinski definition) is 3. The average molecular weight is 287 g/mol. The molecule has 0 amide bonds. The molecule has 0 aromatic heterocycles. The number of nitrogens with zero attached hydrogens (tertiary/aromatic N) is 1. The molecule has 0 radical (unpaired) electrons. The van der Waals surface area contributed by atoms with Gasteiger partial charge in [-0.1, -0.05) is 23.8 Å². The maximum atomic E-state index is 13.3. The molecule has 2 N–H and O–H groups in total. The third-order valence-electron chi connectivity index (χ3n) is 3.53. The lowest BCUT2D eigenvalue weighted by Gasteiger charge is -2.24. The minimum Gasteiger partial charge on any atom is -0.423 e. The topological polar surface area (TPSA) is 43.7 Å². The number of aryl methyl sites for hydroxylation is 1. The smallest absolute Gasteiger partial charge is 0.423 e. The summed E-state index contributed by atoms with van der Waals surface area (Å²) in [5.74, 6) is -0.472. The molecule has 0 fully saturated rings. The molecule has 21 heavy (non-hydrogen) atoms. The highest BCUT2D eigenvalue weighted by Gasteiger charge is 2.18. The van der Waals surface area contributed by atoms with Crippen LogP contribution >= 0.6 is 0 Å². The van der Waals surface area contributed by atoms with Gasteiger partial charge in [0.05, 0.1) is 0 Å². The second-order valence-electron chi connectivity index (χ2n) is 5.07. The highest BCUT2D eigenvalue weighted by molar-refractivity contribution is 6.59. The van der Waals surface area contributed by atoms with Crippen molar-refractivity contribution < 1.29 is 14.4 Å². The van der Waals surface area contributed by atoms with Gasteiger partial charge in [-0.05, 0) is 49.1 Å². The van der Waals surface area contributed by atoms with E-state index in [1.807, 2.05) is 38.1 Å². The minimum atomic E-state index is -1.67. The molecule has 0 aliphatic carbocycles. The van der Waals surface area contributed by atoms with E-state index in [1.165, 1.54) is 17.7 Å². The molecule has 5 heteroatoms. The van der Waals surface area contributed by atoms with E-state index in [0.29, 0.717) is 12.1 Å². The Morgan fingerprint density at radius 1 is 1.10 bits per heavy atom. The Morgan fingerprint density at radius 2 is 1.76 bits per heavy atom. The maximum absolute atomic E-state index is 13.3. The van der Waals surface area contributed by atoms with Crippen LogP contribution in [0.15, 0.2) is 42.5 Å². The number of benzene rings is 2. The van der Waals surface area contributed by atoms with Crippen LogP contribution < -0.4 is 10.4 Å². The zero-order valence-electron chi connectivity index (χ0n) is 12.3. The molecule has 0 bridgehead atoms. The van der Waals surface area contributed by atoms with E-state index in [4.69, 9.17) is 0 Å². The summed E-state index contributed by atoms with van der Waals surface area (Å²) in [7, 11) is -1.67. The molecule has 110 valence electrons. The quantitative estimate of drug-likeness (QED) is 0.825. The Labute approximate surface area is 124 Å². The van der Waals surface area contributed by atoms with E-state index in [1.54, 1.807) is 6.07 Å². The summed E-state index contributed by atoms with van der Waals surface area (Å²) in [5, 5.41) is 18.8. The lowest BCUT2D eigenvalue weighted by Crippen LogP contribution is -2.36. The van der Waals surface area contributed by atoms with Gasteiger partial charge in [-0.25, -0.2) is 4.39 Å². The van der Waals surface area contributed by atoms with E-state index in [9.17, 15) is 14.4 Å². The minimum absolute atomic E-state index is 0.209. The van der Waals surface area contributed by atoms with Crippen LogP contribution in [0.2, 0.25) is 0 Å². The van der Waals surface area contributed by atoms with Crippen molar-refractivity contribution >= 4 is 18.3 Å². The standard InChI is InChI=1S/C16H19BFNO2/c1-3-19(15-8-4-12(2)5-9-15)11-13-6-7-14(18)10-16(13)17(20)21/h4-10,20-21H,3,11H2,1-2H3. The fourth-order valence-corrected chi connectivity index (χ4v) is 2.30. The Kier molecular flexibility index (Phi) is 4.99. The van der Waals surface area contributed by atoms with Gasteiger partial charge in [-0.2, -0.15) is 0 Å². The summed E-state index contributed by atoms with van der Waals surface area (Å²) in [6.45, 7) is 5.31. The van der Waals surface area contributed by atoms with E-state index in [-0.39, 0.29) is 5.46 Å². The van der Waals surface area contributed by atoms with E-state index < -0.39 is 12.9 Å². The Balaban J connectivity index is 2.28. The molecule has 2 aromatic carbocycles. The number of hydrogen-bond donors (Lipinski definition) is 2. The van der Waals surface area contributed by atoms with E-state index in [0.717, 1.165) is 12.2 Å². The van der Waals surface area contributed by atoms with Gasteiger partial charge in [0.2, 0.25) is 0 Å². The lowest BCUT2D eigenvalue weighted by atomic mass is 9.77. The predicted molar refractivity (Wildman–Crippen MR) is 84.1 cm³/mol. The fourth-order valence-electron chi connectivity index (χ4n) is 2.30. The first-order chi connectivity index (χ1) is 10.0. The van der Waals surface area contributed by atoms with Crippen LogP contribution in [-0.4, -0.2) is 23.7 Å². The Hall–Kier alpha value is -1.85. The van der Waals surface area contributed by atoms with Gasteiger partial charge in [0.15, 0.2) is 0 Å². The average Bonchev–Trinajstić information content (AvgIpc) is 2.47. The third-order valence-corrected chi connectivity index (χ3v) is 3.53. The summed E-state index contributed by atoms with van der Waals surface area (Å²) in [5.41, 5.74) is 3.14. The van der Waals surface area contributed by atoms with Crippen LogP contribution in [0.5, 0.6) is 0 Å². The van der Waals surface area contributed by atoms with Crippen LogP contribution in [-0.2, 0) is 6.54 Å². The molecule has 0 atom stereocenters. The SMILES string of the molecule is CCN(Cc1ccc(F)cc1B(O)O)c1ccc(C)cc1. The highest BCUT2D eigenvalue weighted by Crippen LogP contribution is 2.17. The zero-order chi connectivity index (χ0) is 15.4. The monoisotopic (exact) mass is 287 g/mol. The van der Waals surface area contributed by atoms with Crippen LogP contribution in [0.3, 0.4) is 0 Å². The largest absolute Gasteiger partial charge is 0.488 e.